The summed E-state index contributed by atoms with van der Waals surface area (Å²) in [6.07, 6.45) is 6.77. The van der Waals surface area contributed by atoms with Crippen LogP contribution >= 0.6 is 22.9 Å². The molecule has 6 nitrogen and oxygen atoms in total. The molecule has 1 amide bonds. The molecule has 0 bridgehead atoms. The number of carbonyl (C=O) groups excluding carboxylic acids is 1. The van der Waals surface area contributed by atoms with Crippen molar-refractivity contribution in [2.24, 2.45) is 10.9 Å². The van der Waals surface area contributed by atoms with Crippen LogP contribution < -0.4 is 4.80 Å². The third-order valence-corrected chi connectivity index (χ3v) is 9.19. The Bertz CT molecular complexity index is 1430. The number of fused-ring (bicyclic) bond motifs is 1. The molecule has 1 fully saturated rings. The van der Waals surface area contributed by atoms with Crippen molar-refractivity contribution in [3.63, 3.8) is 0 Å². The molecule has 0 radical (unpaired) electrons. The van der Waals surface area contributed by atoms with E-state index >= 15 is 0 Å². The summed E-state index contributed by atoms with van der Waals surface area (Å²) in [5.74, 6) is 2.19. The predicted molar refractivity (Wildman–Crippen MR) is 136 cm³/mol. The van der Waals surface area contributed by atoms with E-state index in [0.29, 0.717) is 41.7 Å². The van der Waals surface area contributed by atoms with Gasteiger partial charge in [-0.25, -0.2) is 8.42 Å². The lowest BCUT2D eigenvalue weighted by Crippen LogP contribution is -2.42. The van der Waals surface area contributed by atoms with Gasteiger partial charge in [-0.15, -0.1) is 6.42 Å². The van der Waals surface area contributed by atoms with Crippen LogP contribution in [0.2, 0.25) is 5.02 Å². The summed E-state index contributed by atoms with van der Waals surface area (Å²) in [7, 11) is -3.72. The molecule has 2 aromatic carbocycles. The van der Waals surface area contributed by atoms with Crippen LogP contribution in [0.5, 0.6) is 0 Å². The number of aromatic nitrogens is 1. The van der Waals surface area contributed by atoms with E-state index in [1.165, 1.54) is 33.3 Å². The maximum absolute atomic E-state index is 13.2. The largest absolute Gasteiger partial charge is 0.305 e. The van der Waals surface area contributed by atoms with Crippen LogP contribution in [0.4, 0.5) is 0 Å². The second-order valence-corrected chi connectivity index (χ2v) is 12.0. The van der Waals surface area contributed by atoms with Gasteiger partial charge >= 0.3 is 0 Å². The van der Waals surface area contributed by atoms with Gasteiger partial charge in [-0.05, 0) is 60.7 Å². The van der Waals surface area contributed by atoms with Gasteiger partial charge in [-0.2, -0.15) is 9.30 Å². The molecule has 0 spiro atoms. The lowest BCUT2D eigenvalue weighted by Gasteiger charge is -2.30. The van der Waals surface area contributed by atoms with Crippen LogP contribution in [-0.4, -0.2) is 36.3 Å². The first-order chi connectivity index (χ1) is 16.2. The highest BCUT2D eigenvalue weighted by Gasteiger charge is 2.33. The number of piperidine rings is 1. The zero-order valence-electron chi connectivity index (χ0n) is 19.1. The third-order valence-electron chi connectivity index (χ3n) is 6.01. The summed E-state index contributed by atoms with van der Waals surface area (Å²) in [6, 6.07) is 12.3. The highest BCUT2D eigenvalue weighted by molar-refractivity contribution is 7.89. The molecule has 1 saturated heterocycles. The molecule has 1 aliphatic heterocycles. The minimum absolute atomic E-state index is 0.102. The van der Waals surface area contributed by atoms with Crippen molar-refractivity contribution in [1.82, 2.24) is 8.87 Å². The van der Waals surface area contributed by atoms with Crippen molar-refractivity contribution in [3.05, 3.63) is 57.9 Å². The Morgan fingerprint density at radius 1 is 1.26 bits per heavy atom. The van der Waals surface area contributed by atoms with E-state index in [1.807, 2.05) is 10.6 Å². The van der Waals surface area contributed by atoms with Crippen LogP contribution in [0.25, 0.3) is 10.2 Å². The highest BCUT2D eigenvalue weighted by Crippen LogP contribution is 2.26. The van der Waals surface area contributed by atoms with Crippen molar-refractivity contribution < 1.29 is 13.2 Å². The number of rotatable bonds is 5. The van der Waals surface area contributed by atoms with Gasteiger partial charge in [-0.1, -0.05) is 48.8 Å². The number of hydrogen-bond acceptors (Lipinski definition) is 4. The number of carbonyl (C=O) groups is 1. The molecule has 4 rings (SSSR count). The number of benzene rings is 2. The third kappa shape index (κ3) is 4.98. The Morgan fingerprint density at radius 2 is 2.00 bits per heavy atom. The molecular weight excluding hydrogens is 490 g/mol. The molecule has 9 heteroatoms. The molecule has 1 unspecified atom stereocenters. The SMILES string of the molecule is C#CCn1c(=NC(=O)C2CCCN(S(=O)(=O)c3ccc(Cl)cc3)C2)sc2cc(C(C)C)ccc21. The minimum Gasteiger partial charge on any atom is -0.305 e. The van der Waals surface area contributed by atoms with Crippen molar-refractivity contribution in [3.8, 4) is 12.3 Å². The number of halogens is 1. The molecule has 0 aliphatic carbocycles. The zero-order valence-corrected chi connectivity index (χ0v) is 21.5. The topological polar surface area (TPSA) is 71.7 Å². The van der Waals surface area contributed by atoms with Gasteiger partial charge < -0.3 is 4.57 Å². The van der Waals surface area contributed by atoms with E-state index in [9.17, 15) is 13.2 Å². The first kappa shape index (κ1) is 24.7. The number of thiazole rings is 1. The second kappa shape index (κ2) is 10.0. The van der Waals surface area contributed by atoms with Crippen molar-refractivity contribution in [1.29, 1.82) is 0 Å². The first-order valence-corrected chi connectivity index (χ1v) is 13.7. The summed E-state index contributed by atoms with van der Waals surface area (Å²) in [5.41, 5.74) is 2.14. The summed E-state index contributed by atoms with van der Waals surface area (Å²) in [5, 5.41) is 0.466. The van der Waals surface area contributed by atoms with E-state index in [-0.39, 0.29) is 17.3 Å². The van der Waals surface area contributed by atoms with Crippen LogP contribution in [-0.2, 0) is 21.4 Å². The molecule has 0 N–H and O–H groups in total. The predicted octanol–water partition coefficient (Wildman–Crippen LogP) is 4.64. The van der Waals surface area contributed by atoms with Crippen LogP contribution in [0.1, 0.15) is 38.2 Å². The van der Waals surface area contributed by atoms with Crippen LogP contribution in [0.15, 0.2) is 52.4 Å². The van der Waals surface area contributed by atoms with Gasteiger partial charge in [0.05, 0.1) is 27.6 Å². The van der Waals surface area contributed by atoms with Gasteiger partial charge in [0.2, 0.25) is 10.0 Å². The fraction of sp³-hybridized carbons (Fsp3) is 0.360. The number of terminal acetylenes is 1. The smallest absolute Gasteiger partial charge is 0.252 e. The first-order valence-electron chi connectivity index (χ1n) is 11.1. The van der Waals surface area contributed by atoms with Gasteiger partial charge in [0, 0.05) is 18.1 Å². The van der Waals surface area contributed by atoms with E-state index in [1.54, 1.807) is 12.1 Å². The summed E-state index contributed by atoms with van der Waals surface area (Å²) >= 11 is 7.33. The molecule has 1 atom stereocenters. The van der Waals surface area contributed by atoms with Gasteiger partial charge in [0.1, 0.15) is 0 Å². The van der Waals surface area contributed by atoms with Crippen molar-refractivity contribution in [2.45, 2.75) is 44.0 Å². The Balaban J connectivity index is 1.64. The Kier molecular flexibility index (Phi) is 7.29. The monoisotopic (exact) mass is 515 g/mol. The number of sulfonamides is 1. The summed E-state index contributed by atoms with van der Waals surface area (Å²) < 4.78 is 30.4. The molecule has 1 aromatic heterocycles. The quantitative estimate of drug-likeness (QED) is 0.465. The number of amides is 1. The Hall–Kier alpha value is -2.44. The minimum atomic E-state index is -3.72. The lowest BCUT2D eigenvalue weighted by atomic mass is 9.99. The van der Waals surface area contributed by atoms with Crippen molar-refractivity contribution in [2.75, 3.05) is 13.1 Å². The normalized spacial score (nSPS) is 17.9. The molecule has 34 heavy (non-hydrogen) atoms. The Labute approximate surface area is 208 Å². The zero-order chi connectivity index (χ0) is 24.5. The maximum Gasteiger partial charge on any atom is 0.252 e. The highest BCUT2D eigenvalue weighted by atomic mass is 35.5. The summed E-state index contributed by atoms with van der Waals surface area (Å²) in [6.45, 7) is 5.03. The molecule has 178 valence electrons. The number of hydrogen-bond donors (Lipinski definition) is 0. The summed E-state index contributed by atoms with van der Waals surface area (Å²) in [4.78, 5) is 18.3. The van der Waals surface area contributed by atoms with Crippen LogP contribution in [0, 0.1) is 18.3 Å². The molecule has 2 heterocycles. The molecule has 1 aliphatic rings. The Morgan fingerprint density at radius 3 is 2.68 bits per heavy atom. The fourth-order valence-electron chi connectivity index (χ4n) is 4.08. The van der Waals surface area contributed by atoms with E-state index in [0.717, 1.165) is 10.2 Å². The molecule has 0 saturated carbocycles. The fourth-order valence-corrected chi connectivity index (χ4v) is 6.81. The van der Waals surface area contributed by atoms with E-state index < -0.39 is 15.9 Å². The number of nitrogens with zero attached hydrogens (tertiary/aromatic N) is 3. The van der Waals surface area contributed by atoms with Gasteiger partial charge in [-0.3, -0.25) is 4.79 Å². The standard InChI is InChI=1S/C25H26ClN3O3S2/c1-4-13-29-22-12-7-18(17(2)3)15-23(22)33-25(29)27-24(30)19-6-5-14-28(16-19)34(31,32)21-10-8-20(26)9-11-21/h1,7-12,15,17,19H,5-6,13-14,16H2,2-3H3. The molecule has 3 aromatic rings. The van der Waals surface area contributed by atoms with Gasteiger partial charge in [0.25, 0.3) is 5.91 Å². The second-order valence-electron chi connectivity index (χ2n) is 8.66. The van der Waals surface area contributed by atoms with Crippen molar-refractivity contribution >= 4 is 49.1 Å². The van der Waals surface area contributed by atoms with Crippen LogP contribution in [0.3, 0.4) is 0 Å². The van der Waals surface area contributed by atoms with Gasteiger partial charge in [0.15, 0.2) is 4.80 Å². The van der Waals surface area contributed by atoms with E-state index in [2.05, 4.69) is 36.9 Å². The molecular formula is C25H26ClN3O3S2. The average molecular weight is 516 g/mol. The maximum atomic E-state index is 13.2. The average Bonchev–Trinajstić information content (AvgIpc) is 3.15. The van der Waals surface area contributed by atoms with E-state index in [4.69, 9.17) is 18.0 Å². The lowest BCUT2D eigenvalue weighted by molar-refractivity contribution is -0.122.